The van der Waals surface area contributed by atoms with E-state index in [-0.39, 0.29) is 17.0 Å². The maximum absolute atomic E-state index is 12.9. The summed E-state index contributed by atoms with van der Waals surface area (Å²) in [6.45, 7) is 2.12. The summed E-state index contributed by atoms with van der Waals surface area (Å²) in [5, 5.41) is 11.2. The molecule has 0 aliphatic heterocycles. The highest BCUT2D eigenvalue weighted by molar-refractivity contribution is 6.11. The second kappa shape index (κ2) is 6.66. The fourth-order valence-electron chi connectivity index (χ4n) is 2.93. The molecule has 122 valence electrons. The maximum atomic E-state index is 12.9. The molecule has 0 radical (unpaired) electrons. The minimum Gasteiger partial charge on any atom is -0.313 e. The van der Waals surface area contributed by atoms with Crippen LogP contribution in [0.15, 0.2) is 54.7 Å². The molecular weight excluding hydrogens is 304 g/mol. The number of nitro benzene ring substituents is 1. The molecule has 0 unspecified atom stereocenters. The number of hydrogen-bond acceptors (Lipinski definition) is 3. The van der Waals surface area contributed by atoms with Gasteiger partial charge in [-0.2, -0.15) is 0 Å². The van der Waals surface area contributed by atoms with E-state index >= 15 is 0 Å². The highest BCUT2D eigenvalue weighted by Crippen LogP contribution is 2.25. The predicted octanol–water partition coefficient (Wildman–Crippen LogP) is 4.42. The molecular formula is C19H18N2O3. The van der Waals surface area contributed by atoms with E-state index < -0.39 is 4.92 Å². The Morgan fingerprint density at radius 1 is 1.17 bits per heavy atom. The topological polar surface area (TPSA) is 64.6 Å². The Bertz CT molecular complexity index is 912. The van der Waals surface area contributed by atoms with Crippen LogP contribution in [-0.4, -0.2) is 15.1 Å². The lowest BCUT2D eigenvalue weighted by molar-refractivity contribution is -0.385. The van der Waals surface area contributed by atoms with E-state index in [4.69, 9.17) is 0 Å². The Morgan fingerprint density at radius 3 is 2.67 bits per heavy atom. The SMILES string of the molecule is CCCCc1cc(C(=O)c2ccccc2[N+](=O)[O-])n2ccccc12. The number of carbonyl (C=O) groups is 1. The van der Waals surface area contributed by atoms with E-state index in [1.807, 2.05) is 34.9 Å². The van der Waals surface area contributed by atoms with Crippen molar-refractivity contribution >= 4 is 17.0 Å². The van der Waals surface area contributed by atoms with Crippen molar-refractivity contribution in [3.8, 4) is 0 Å². The van der Waals surface area contributed by atoms with Crippen molar-refractivity contribution in [3.63, 3.8) is 0 Å². The van der Waals surface area contributed by atoms with Crippen molar-refractivity contribution in [2.24, 2.45) is 0 Å². The van der Waals surface area contributed by atoms with E-state index in [1.165, 1.54) is 12.1 Å². The number of rotatable bonds is 6. The van der Waals surface area contributed by atoms with Gasteiger partial charge in [-0.1, -0.05) is 31.5 Å². The fourth-order valence-corrected chi connectivity index (χ4v) is 2.93. The van der Waals surface area contributed by atoms with Gasteiger partial charge in [-0.3, -0.25) is 14.9 Å². The van der Waals surface area contributed by atoms with Crippen molar-refractivity contribution in [1.82, 2.24) is 4.40 Å². The molecule has 0 N–H and O–H groups in total. The predicted molar refractivity (Wildman–Crippen MR) is 92.5 cm³/mol. The van der Waals surface area contributed by atoms with Gasteiger partial charge in [-0.15, -0.1) is 0 Å². The summed E-state index contributed by atoms with van der Waals surface area (Å²) < 4.78 is 1.82. The molecule has 0 bridgehead atoms. The first-order valence-electron chi connectivity index (χ1n) is 8.00. The molecule has 3 rings (SSSR count). The molecule has 1 aromatic carbocycles. The van der Waals surface area contributed by atoms with Crippen LogP contribution in [-0.2, 0) is 6.42 Å². The number of benzene rings is 1. The fraction of sp³-hybridized carbons (Fsp3) is 0.211. The van der Waals surface area contributed by atoms with Crippen molar-refractivity contribution in [2.75, 3.05) is 0 Å². The second-order valence-corrected chi connectivity index (χ2v) is 5.72. The zero-order chi connectivity index (χ0) is 17.1. The zero-order valence-electron chi connectivity index (χ0n) is 13.4. The molecule has 0 atom stereocenters. The number of carbonyl (C=O) groups excluding carboxylic acids is 1. The van der Waals surface area contributed by atoms with Gasteiger partial charge in [0.05, 0.1) is 10.6 Å². The van der Waals surface area contributed by atoms with Gasteiger partial charge < -0.3 is 4.40 Å². The Kier molecular flexibility index (Phi) is 4.42. The zero-order valence-corrected chi connectivity index (χ0v) is 13.4. The smallest absolute Gasteiger partial charge is 0.280 e. The van der Waals surface area contributed by atoms with Crippen LogP contribution in [0.2, 0.25) is 0 Å². The Morgan fingerprint density at radius 2 is 1.92 bits per heavy atom. The molecule has 0 fully saturated rings. The van der Waals surface area contributed by atoms with Crippen molar-refractivity contribution in [2.45, 2.75) is 26.2 Å². The highest BCUT2D eigenvalue weighted by atomic mass is 16.6. The summed E-state index contributed by atoms with van der Waals surface area (Å²) in [5.74, 6) is -0.328. The molecule has 0 aliphatic rings. The standard InChI is InChI=1S/C19H18N2O3/c1-2-3-8-14-13-18(20-12-7-6-10-16(14)20)19(22)15-9-4-5-11-17(15)21(23)24/h4-7,9-13H,2-3,8H2,1H3. The summed E-state index contributed by atoms with van der Waals surface area (Å²) in [6, 6.07) is 13.7. The Labute approximate surface area is 139 Å². The molecule has 0 amide bonds. The van der Waals surface area contributed by atoms with Gasteiger partial charge in [0.25, 0.3) is 5.69 Å². The average Bonchev–Trinajstić information content (AvgIpc) is 2.98. The first-order chi connectivity index (χ1) is 11.6. The van der Waals surface area contributed by atoms with Crippen molar-refractivity contribution < 1.29 is 9.72 Å². The molecule has 24 heavy (non-hydrogen) atoms. The van der Waals surface area contributed by atoms with Crippen molar-refractivity contribution in [1.29, 1.82) is 0 Å². The lowest BCUT2D eigenvalue weighted by atomic mass is 10.0. The van der Waals surface area contributed by atoms with E-state index in [0.29, 0.717) is 5.69 Å². The Hall–Kier alpha value is -2.95. The van der Waals surface area contributed by atoms with Gasteiger partial charge in [-0.05, 0) is 42.7 Å². The van der Waals surface area contributed by atoms with E-state index in [0.717, 1.165) is 30.3 Å². The number of nitrogens with zero attached hydrogens (tertiary/aromatic N) is 2. The Balaban J connectivity index is 2.13. The van der Waals surface area contributed by atoms with E-state index in [9.17, 15) is 14.9 Å². The molecule has 5 heteroatoms. The van der Waals surface area contributed by atoms with Crippen LogP contribution < -0.4 is 0 Å². The number of hydrogen-bond donors (Lipinski definition) is 0. The number of ketones is 1. The van der Waals surface area contributed by atoms with Crippen LogP contribution in [0.25, 0.3) is 5.52 Å². The normalized spacial score (nSPS) is 10.9. The van der Waals surface area contributed by atoms with Gasteiger partial charge in [0.2, 0.25) is 5.78 Å². The van der Waals surface area contributed by atoms with Crippen LogP contribution in [0.3, 0.4) is 0 Å². The van der Waals surface area contributed by atoms with Gasteiger partial charge in [0, 0.05) is 17.8 Å². The number of nitro groups is 1. The molecule has 2 heterocycles. The van der Waals surface area contributed by atoms with Gasteiger partial charge in [0.15, 0.2) is 0 Å². The van der Waals surface area contributed by atoms with E-state index in [1.54, 1.807) is 12.1 Å². The third kappa shape index (κ3) is 2.80. The number of aromatic nitrogens is 1. The highest BCUT2D eigenvalue weighted by Gasteiger charge is 2.23. The summed E-state index contributed by atoms with van der Waals surface area (Å²) >= 11 is 0. The third-order valence-corrected chi connectivity index (χ3v) is 4.14. The first kappa shape index (κ1) is 15.9. The lowest BCUT2D eigenvalue weighted by Gasteiger charge is -2.03. The number of para-hydroxylation sites is 1. The van der Waals surface area contributed by atoms with Gasteiger partial charge >= 0.3 is 0 Å². The monoisotopic (exact) mass is 322 g/mol. The third-order valence-electron chi connectivity index (χ3n) is 4.14. The minimum atomic E-state index is -0.513. The number of pyridine rings is 1. The summed E-state index contributed by atoms with van der Waals surface area (Å²) in [5.41, 5.74) is 2.49. The number of fused-ring (bicyclic) bond motifs is 1. The molecule has 5 nitrogen and oxygen atoms in total. The molecule has 0 saturated heterocycles. The van der Waals surface area contributed by atoms with E-state index in [2.05, 4.69) is 6.92 Å². The summed E-state index contributed by atoms with van der Waals surface area (Å²) in [4.78, 5) is 23.6. The molecule has 3 aromatic rings. The van der Waals surface area contributed by atoms with Gasteiger partial charge in [-0.25, -0.2) is 0 Å². The molecule has 0 saturated carbocycles. The molecule has 0 spiro atoms. The van der Waals surface area contributed by atoms with Crippen LogP contribution in [0, 0.1) is 10.1 Å². The molecule has 2 aromatic heterocycles. The minimum absolute atomic E-state index is 0.118. The second-order valence-electron chi connectivity index (χ2n) is 5.72. The molecule has 0 aliphatic carbocycles. The summed E-state index contributed by atoms with van der Waals surface area (Å²) in [6.07, 6.45) is 4.81. The van der Waals surface area contributed by atoms with Crippen LogP contribution in [0.1, 0.15) is 41.4 Å². The number of aryl methyl sites for hydroxylation is 1. The largest absolute Gasteiger partial charge is 0.313 e. The van der Waals surface area contributed by atoms with Crippen LogP contribution in [0.4, 0.5) is 5.69 Å². The lowest BCUT2D eigenvalue weighted by Crippen LogP contribution is -2.07. The number of unbranched alkanes of at least 4 members (excludes halogenated alkanes) is 1. The van der Waals surface area contributed by atoms with Crippen LogP contribution in [0.5, 0.6) is 0 Å². The maximum Gasteiger partial charge on any atom is 0.280 e. The first-order valence-corrected chi connectivity index (χ1v) is 8.00. The quantitative estimate of drug-likeness (QED) is 0.383. The summed E-state index contributed by atoms with van der Waals surface area (Å²) in [7, 11) is 0. The van der Waals surface area contributed by atoms with Gasteiger partial charge in [0.1, 0.15) is 5.56 Å². The van der Waals surface area contributed by atoms with Crippen molar-refractivity contribution in [3.05, 3.63) is 81.7 Å². The van der Waals surface area contributed by atoms with Crippen LogP contribution >= 0.6 is 0 Å². The average molecular weight is 322 g/mol.